The van der Waals surface area contributed by atoms with E-state index in [0.717, 1.165) is 31.7 Å². The minimum absolute atomic E-state index is 0.133. The van der Waals surface area contributed by atoms with Gasteiger partial charge >= 0.3 is 0 Å². The summed E-state index contributed by atoms with van der Waals surface area (Å²) in [5.74, 6) is 0. The van der Waals surface area contributed by atoms with Crippen molar-refractivity contribution in [3.8, 4) is 0 Å². The Bertz CT molecular complexity index is 493. The van der Waals surface area contributed by atoms with Crippen molar-refractivity contribution in [2.75, 3.05) is 18.5 Å². The molecule has 1 atom stereocenters. The molecule has 1 aliphatic heterocycles. The van der Waals surface area contributed by atoms with Crippen LogP contribution in [-0.2, 0) is 14.8 Å². The molecular formula is C13H20N2O3S. The highest BCUT2D eigenvalue weighted by Crippen LogP contribution is 2.17. The van der Waals surface area contributed by atoms with Gasteiger partial charge in [0.2, 0.25) is 10.0 Å². The van der Waals surface area contributed by atoms with Crippen molar-refractivity contribution < 1.29 is 13.2 Å². The Balaban J connectivity index is 1.80. The van der Waals surface area contributed by atoms with Crippen molar-refractivity contribution in [3.63, 3.8) is 0 Å². The first-order chi connectivity index (χ1) is 9.05. The summed E-state index contributed by atoms with van der Waals surface area (Å²) in [5.41, 5.74) is 0.892. The molecule has 0 spiro atoms. The fourth-order valence-corrected chi connectivity index (χ4v) is 2.69. The number of nitrogens with two attached hydrogens (primary N) is 1. The van der Waals surface area contributed by atoms with Gasteiger partial charge in [-0.05, 0) is 49.9 Å². The van der Waals surface area contributed by atoms with Gasteiger partial charge in [0.1, 0.15) is 0 Å². The monoisotopic (exact) mass is 284 g/mol. The van der Waals surface area contributed by atoms with Crippen molar-refractivity contribution in [1.29, 1.82) is 0 Å². The molecule has 106 valence electrons. The van der Waals surface area contributed by atoms with Gasteiger partial charge in [0.05, 0.1) is 11.0 Å². The maximum absolute atomic E-state index is 11.1. The molecular weight excluding hydrogens is 264 g/mol. The first kappa shape index (κ1) is 14.3. The second-order valence-electron chi connectivity index (χ2n) is 4.77. The Kier molecular flexibility index (Phi) is 4.79. The Morgan fingerprint density at radius 2 is 2.00 bits per heavy atom. The lowest BCUT2D eigenvalue weighted by Gasteiger charge is -2.22. The summed E-state index contributed by atoms with van der Waals surface area (Å²) in [5, 5.41) is 8.29. The molecule has 1 saturated heterocycles. The Morgan fingerprint density at radius 1 is 1.26 bits per heavy atom. The van der Waals surface area contributed by atoms with E-state index in [0.29, 0.717) is 6.10 Å². The van der Waals surface area contributed by atoms with Crippen molar-refractivity contribution in [3.05, 3.63) is 24.3 Å². The molecule has 0 aromatic heterocycles. The number of primary sulfonamides is 1. The SMILES string of the molecule is NS(=O)(=O)c1ccc(NCCC2CCCCO2)cc1. The van der Waals surface area contributed by atoms with Crippen molar-refractivity contribution in [2.24, 2.45) is 5.14 Å². The van der Waals surface area contributed by atoms with E-state index in [4.69, 9.17) is 9.88 Å². The summed E-state index contributed by atoms with van der Waals surface area (Å²) >= 11 is 0. The number of sulfonamides is 1. The van der Waals surface area contributed by atoms with E-state index in [9.17, 15) is 8.42 Å². The molecule has 0 aliphatic carbocycles. The van der Waals surface area contributed by atoms with E-state index in [1.54, 1.807) is 12.1 Å². The zero-order valence-corrected chi connectivity index (χ0v) is 11.7. The van der Waals surface area contributed by atoms with Crippen LogP contribution in [0.25, 0.3) is 0 Å². The Morgan fingerprint density at radius 3 is 2.58 bits per heavy atom. The summed E-state index contributed by atoms with van der Waals surface area (Å²) < 4.78 is 27.9. The summed E-state index contributed by atoms with van der Waals surface area (Å²) in [7, 11) is -3.60. The van der Waals surface area contributed by atoms with Crippen LogP contribution >= 0.6 is 0 Å². The highest BCUT2D eigenvalue weighted by Gasteiger charge is 2.13. The van der Waals surface area contributed by atoms with Gasteiger partial charge in [-0.1, -0.05) is 0 Å². The Hall–Kier alpha value is -1.11. The highest BCUT2D eigenvalue weighted by molar-refractivity contribution is 7.89. The molecule has 3 N–H and O–H groups in total. The van der Waals surface area contributed by atoms with Crippen LogP contribution in [0, 0.1) is 0 Å². The molecule has 1 aliphatic rings. The Labute approximate surface area is 114 Å². The standard InChI is InChI=1S/C13H20N2O3S/c14-19(16,17)13-6-4-11(5-7-13)15-9-8-12-3-1-2-10-18-12/h4-7,12,15H,1-3,8-10H2,(H2,14,16,17). The zero-order valence-electron chi connectivity index (χ0n) is 10.8. The first-order valence-corrected chi connectivity index (χ1v) is 8.09. The quantitative estimate of drug-likeness (QED) is 0.862. The van der Waals surface area contributed by atoms with Crippen molar-refractivity contribution in [1.82, 2.24) is 0 Å². The van der Waals surface area contributed by atoms with Gasteiger partial charge in [-0.3, -0.25) is 0 Å². The van der Waals surface area contributed by atoms with Crippen molar-refractivity contribution >= 4 is 15.7 Å². The summed E-state index contributed by atoms with van der Waals surface area (Å²) in [4.78, 5) is 0.133. The largest absolute Gasteiger partial charge is 0.385 e. The average molecular weight is 284 g/mol. The lowest BCUT2D eigenvalue weighted by Crippen LogP contribution is -2.22. The topological polar surface area (TPSA) is 81.4 Å². The third-order valence-electron chi connectivity index (χ3n) is 3.25. The molecule has 6 heteroatoms. The second kappa shape index (κ2) is 6.36. The van der Waals surface area contributed by atoms with Crippen LogP contribution in [0.2, 0.25) is 0 Å². The third kappa shape index (κ3) is 4.49. The lowest BCUT2D eigenvalue weighted by atomic mass is 10.1. The van der Waals surface area contributed by atoms with Crippen LogP contribution in [0.3, 0.4) is 0 Å². The minimum Gasteiger partial charge on any atom is -0.385 e. The molecule has 5 nitrogen and oxygen atoms in total. The number of benzene rings is 1. The molecule has 1 aromatic carbocycles. The van der Waals surface area contributed by atoms with Crippen LogP contribution in [0.15, 0.2) is 29.2 Å². The fraction of sp³-hybridized carbons (Fsp3) is 0.538. The summed E-state index contributed by atoms with van der Waals surface area (Å²) in [6.45, 7) is 1.69. The average Bonchev–Trinajstić information content (AvgIpc) is 2.39. The number of anilines is 1. The maximum atomic E-state index is 11.1. The number of hydrogen-bond donors (Lipinski definition) is 2. The van der Waals surface area contributed by atoms with E-state index in [1.165, 1.54) is 25.0 Å². The number of hydrogen-bond acceptors (Lipinski definition) is 4. The molecule has 1 unspecified atom stereocenters. The molecule has 2 rings (SSSR count). The van der Waals surface area contributed by atoms with Crippen molar-refractivity contribution in [2.45, 2.75) is 36.7 Å². The normalized spacial score (nSPS) is 20.2. The second-order valence-corrected chi connectivity index (χ2v) is 6.33. The molecule has 0 bridgehead atoms. The fourth-order valence-electron chi connectivity index (χ4n) is 2.18. The zero-order chi connectivity index (χ0) is 13.7. The van der Waals surface area contributed by atoms with E-state index >= 15 is 0 Å². The van der Waals surface area contributed by atoms with Crippen LogP contribution in [0.4, 0.5) is 5.69 Å². The molecule has 0 radical (unpaired) electrons. The molecule has 1 heterocycles. The minimum atomic E-state index is -3.60. The third-order valence-corrected chi connectivity index (χ3v) is 4.18. The van der Waals surface area contributed by atoms with Gasteiger partial charge < -0.3 is 10.1 Å². The predicted molar refractivity (Wildman–Crippen MR) is 74.5 cm³/mol. The van der Waals surface area contributed by atoms with E-state index in [1.807, 2.05) is 0 Å². The van der Waals surface area contributed by atoms with E-state index < -0.39 is 10.0 Å². The van der Waals surface area contributed by atoms with Crippen LogP contribution in [0.1, 0.15) is 25.7 Å². The molecule has 0 amide bonds. The summed E-state index contributed by atoms with van der Waals surface area (Å²) in [6, 6.07) is 6.46. The van der Waals surface area contributed by atoms with Gasteiger partial charge in [0.15, 0.2) is 0 Å². The van der Waals surface area contributed by atoms with Gasteiger partial charge in [-0.2, -0.15) is 0 Å². The molecule has 1 fully saturated rings. The molecule has 19 heavy (non-hydrogen) atoms. The number of ether oxygens (including phenoxy) is 1. The van der Waals surface area contributed by atoms with Gasteiger partial charge in [-0.25, -0.2) is 13.6 Å². The predicted octanol–water partition coefficient (Wildman–Crippen LogP) is 1.71. The lowest BCUT2D eigenvalue weighted by molar-refractivity contribution is 0.0134. The smallest absolute Gasteiger partial charge is 0.238 e. The molecule has 0 saturated carbocycles. The van der Waals surface area contributed by atoms with Crippen LogP contribution in [-0.4, -0.2) is 27.7 Å². The van der Waals surface area contributed by atoms with Crippen LogP contribution in [0.5, 0.6) is 0 Å². The van der Waals surface area contributed by atoms with Gasteiger partial charge in [-0.15, -0.1) is 0 Å². The highest BCUT2D eigenvalue weighted by atomic mass is 32.2. The number of rotatable bonds is 5. The van der Waals surface area contributed by atoms with Crippen LogP contribution < -0.4 is 10.5 Å². The maximum Gasteiger partial charge on any atom is 0.238 e. The summed E-state index contributed by atoms with van der Waals surface area (Å²) in [6.07, 6.45) is 4.86. The number of nitrogens with one attached hydrogen (secondary N) is 1. The first-order valence-electron chi connectivity index (χ1n) is 6.54. The molecule has 1 aromatic rings. The van der Waals surface area contributed by atoms with Gasteiger partial charge in [0, 0.05) is 18.8 Å². The van der Waals surface area contributed by atoms with E-state index in [2.05, 4.69) is 5.32 Å². The van der Waals surface area contributed by atoms with Gasteiger partial charge in [0.25, 0.3) is 0 Å². The van der Waals surface area contributed by atoms with E-state index in [-0.39, 0.29) is 4.90 Å².